The van der Waals surface area contributed by atoms with Gasteiger partial charge in [0.15, 0.2) is 5.65 Å². The second-order valence-electron chi connectivity index (χ2n) is 6.17. The Morgan fingerprint density at radius 1 is 1.17 bits per heavy atom. The molecule has 8 nitrogen and oxygen atoms in total. The first-order valence-corrected chi connectivity index (χ1v) is 7.83. The van der Waals surface area contributed by atoms with E-state index in [-0.39, 0.29) is 11.8 Å². The van der Waals surface area contributed by atoms with E-state index in [0.29, 0.717) is 23.1 Å². The largest absolute Gasteiger partial charge is 0.423 e. The molecule has 0 bridgehead atoms. The maximum atomic E-state index is 12.5. The van der Waals surface area contributed by atoms with Crippen molar-refractivity contribution in [3.63, 3.8) is 0 Å². The number of aryl methyl sites for hydroxylation is 2. The van der Waals surface area contributed by atoms with Gasteiger partial charge in [-0.25, -0.2) is 9.50 Å². The number of rotatable bonds is 4. The lowest BCUT2D eigenvalue weighted by molar-refractivity contribution is 0.0928. The molecule has 0 spiro atoms. The van der Waals surface area contributed by atoms with E-state index in [4.69, 9.17) is 4.42 Å². The minimum Gasteiger partial charge on any atom is -0.423 e. The fourth-order valence-corrected chi connectivity index (χ4v) is 2.34. The van der Waals surface area contributed by atoms with Crippen LogP contribution in [0.3, 0.4) is 0 Å². The van der Waals surface area contributed by atoms with Crippen LogP contribution in [0, 0.1) is 13.8 Å². The average Bonchev–Trinajstić information content (AvgIpc) is 3.13. The Labute approximate surface area is 139 Å². The third-order valence-corrected chi connectivity index (χ3v) is 3.63. The zero-order chi connectivity index (χ0) is 17.4. The van der Waals surface area contributed by atoms with Crippen LogP contribution in [0.2, 0.25) is 0 Å². The zero-order valence-corrected chi connectivity index (χ0v) is 14.4. The monoisotopic (exact) mass is 328 g/mol. The number of hydrogen-bond acceptors (Lipinski definition) is 6. The van der Waals surface area contributed by atoms with Crippen LogP contribution in [0.4, 0.5) is 0 Å². The van der Waals surface area contributed by atoms with E-state index >= 15 is 0 Å². The van der Waals surface area contributed by atoms with Gasteiger partial charge in [0.25, 0.3) is 5.91 Å². The lowest BCUT2D eigenvalue weighted by Crippen LogP contribution is -2.28. The molecule has 8 heteroatoms. The van der Waals surface area contributed by atoms with E-state index in [0.717, 1.165) is 11.4 Å². The first-order valence-electron chi connectivity index (χ1n) is 7.83. The van der Waals surface area contributed by atoms with E-state index in [1.165, 1.54) is 0 Å². The number of fused-ring (bicyclic) bond motifs is 1. The number of nitrogens with one attached hydrogen (secondary N) is 1. The molecule has 24 heavy (non-hydrogen) atoms. The number of carbonyl (C=O) groups excluding carboxylic acids is 1. The van der Waals surface area contributed by atoms with Gasteiger partial charge in [-0.15, -0.1) is 10.2 Å². The highest BCUT2D eigenvalue weighted by atomic mass is 16.4. The van der Waals surface area contributed by atoms with Gasteiger partial charge < -0.3 is 9.73 Å². The molecule has 0 saturated heterocycles. The molecule has 3 rings (SSSR count). The summed E-state index contributed by atoms with van der Waals surface area (Å²) in [7, 11) is 0. The fraction of sp³-hybridized carbons (Fsp3) is 0.438. The van der Waals surface area contributed by atoms with Gasteiger partial charge in [0.05, 0.1) is 5.69 Å². The van der Waals surface area contributed by atoms with Crippen molar-refractivity contribution in [1.29, 1.82) is 0 Å². The summed E-state index contributed by atoms with van der Waals surface area (Å²) in [6, 6.07) is 3.14. The summed E-state index contributed by atoms with van der Waals surface area (Å²) in [6.45, 7) is 9.50. The molecule has 0 aliphatic heterocycles. The number of aromatic nitrogens is 5. The number of amides is 1. The quantitative estimate of drug-likeness (QED) is 0.789. The first kappa shape index (κ1) is 16.1. The first-order chi connectivity index (χ1) is 11.3. The lowest BCUT2D eigenvalue weighted by Gasteiger charge is -2.10. The molecule has 1 N–H and O–H groups in total. The molecule has 0 radical (unpaired) electrons. The van der Waals surface area contributed by atoms with E-state index in [2.05, 4.69) is 25.6 Å². The molecule has 0 aliphatic carbocycles. The van der Waals surface area contributed by atoms with Crippen molar-refractivity contribution in [3.8, 4) is 0 Å². The van der Waals surface area contributed by atoms with E-state index in [1.54, 1.807) is 17.5 Å². The summed E-state index contributed by atoms with van der Waals surface area (Å²) < 4.78 is 7.28. The van der Waals surface area contributed by atoms with Gasteiger partial charge >= 0.3 is 0 Å². The molecule has 126 valence electrons. The number of hydrogen-bond donors (Lipinski definition) is 1. The van der Waals surface area contributed by atoms with Crippen molar-refractivity contribution in [2.45, 2.75) is 46.6 Å². The van der Waals surface area contributed by atoms with Crippen molar-refractivity contribution < 1.29 is 9.21 Å². The van der Waals surface area contributed by atoms with E-state index < -0.39 is 6.04 Å². The molecule has 3 aromatic heterocycles. The summed E-state index contributed by atoms with van der Waals surface area (Å²) in [4.78, 5) is 16.8. The molecule has 0 saturated carbocycles. The highest BCUT2D eigenvalue weighted by molar-refractivity contribution is 5.93. The van der Waals surface area contributed by atoms with Crippen molar-refractivity contribution in [3.05, 3.63) is 41.0 Å². The predicted octanol–water partition coefficient (Wildman–Crippen LogP) is 2.34. The molecular weight excluding hydrogens is 308 g/mol. The van der Waals surface area contributed by atoms with Crippen LogP contribution in [0.25, 0.3) is 5.65 Å². The summed E-state index contributed by atoms with van der Waals surface area (Å²) in [5, 5.41) is 15.1. The standard InChI is InChI=1S/C16H20N6O2/c1-8(2)15-19-20-16(24-15)11(5)17-14(23)12-7-10(4)22-13(18-12)6-9(3)21-22/h6-8,11H,1-5H3,(H,17,23). The summed E-state index contributed by atoms with van der Waals surface area (Å²) in [5.41, 5.74) is 2.66. The minimum atomic E-state index is -0.400. The molecule has 0 aliphatic rings. The Kier molecular flexibility index (Phi) is 4.04. The Morgan fingerprint density at radius 2 is 1.88 bits per heavy atom. The third kappa shape index (κ3) is 2.99. The Morgan fingerprint density at radius 3 is 2.54 bits per heavy atom. The van der Waals surface area contributed by atoms with Gasteiger partial charge in [0.2, 0.25) is 11.8 Å². The molecule has 0 fully saturated rings. The smallest absolute Gasteiger partial charge is 0.270 e. The molecule has 3 aromatic rings. The van der Waals surface area contributed by atoms with Crippen molar-refractivity contribution in [1.82, 2.24) is 30.1 Å². The van der Waals surface area contributed by atoms with Crippen LogP contribution in [0.5, 0.6) is 0 Å². The normalized spacial score (nSPS) is 12.8. The van der Waals surface area contributed by atoms with Gasteiger partial charge in [-0.3, -0.25) is 4.79 Å². The third-order valence-electron chi connectivity index (χ3n) is 3.63. The lowest BCUT2D eigenvalue weighted by atomic mass is 10.2. The SMILES string of the molecule is Cc1cc2nc(C(=O)NC(C)c3nnc(C(C)C)o3)cc(C)n2n1. The highest BCUT2D eigenvalue weighted by Gasteiger charge is 2.20. The number of nitrogens with zero attached hydrogens (tertiary/aromatic N) is 5. The van der Waals surface area contributed by atoms with Crippen molar-refractivity contribution in [2.75, 3.05) is 0 Å². The van der Waals surface area contributed by atoms with Crippen LogP contribution < -0.4 is 5.32 Å². The van der Waals surface area contributed by atoms with E-state index in [9.17, 15) is 4.79 Å². The second kappa shape index (κ2) is 6.03. The topological polar surface area (TPSA) is 98.2 Å². The summed E-state index contributed by atoms with van der Waals surface area (Å²) in [5.74, 6) is 0.781. The molecule has 0 aromatic carbocycles. The Balaban J connectivity index is 1.81. The van der Waals surface area contributed by atoms with Crippen molar-refractivity contribution in [2.24, 2.45) is 0 Å². The van der Waals surface area contributed by atoms with Crippen LogP contribution in [-0.4, -0.2) is 30.7 Å². The summed E-state index contributed by atoms with van der Waals surface area (Å²) in [6.07, 6.45) is 0. The maximum Gasteiger partial charge on any atom is 0.270 e. The van der Waals surface area contributed by atoms with Gasteiger partial charge in [-0.2, -0.15) is 5.10 Å². The zero-order valence-electron chi connectivity index (χ0n) is 14.4. The molecular formula is C16H20N6O2. The van der Waals surface area contributed by atoms with Crippen molar-refractivity contribution >= 4 is 11.6 Å². The Hall–Kier alpha value is -2.77. The van der Waals surface area contributed by atoms with Gasteiger partial charge in [-0.1, -0.05) is 13.8 Å². The summed E-state index contributed by atoms with van der Waals surface area (Å²) >= 11 is 0. The van der Waals surface area contributed by atoms with E-state index in [1.807, 2.05) is 33.8 Å². The van der Waals surface area contributed by atoms with Crippen LogP contribution in [0.15, 0.2) is 16.5 Å². The predicted molar refractivity (Wildman–Crippen MR) is 86.7 cm³/mol. The van der Waals surface area contributed by atoms with Crippen LogP contribution in [0.1, 0.15) is 66.4 Å². The Bertz CT molecular complexity index is 895. The fourth-order valence-electron chi connectivity index (χ4n) is 2.34. The average molecular weight is 328 g/mol. The van der Waals surface area contributed by atoms with Gasteiger partial charge in [-0.05, 0) is 26.8 Å². The molecule has 1 unspecified atom stereocenters. The van der Waals surface area contributed by atoms with Crippen LogP contribution in [-0.2, 0) is 0 Å². The molecule has 1 amide bonds. The highest BCUT2D eigenvalue weighted by Crippen LogP contribution is 2.17. The van der Waals surface area contributed by atoms with Gasteiger partial charge in [0, 0.05) is 17.7 Å². The molecule has 3 heterocycles. The minimum absolute atomic E-state index is 0.144. The second-order valence-corrected chi connectivity index (χ2v) is 6.17. The maximum absolute atomic E-state index is 12.5. The van der Waals surface area contributed by atoms with Gasteiger partial charge in [0.1, 0.15) is 11.7 Å². The number of carbonyl (C=O) groups is 1. The molecule has 1 atom stereocenters. The van der Waals surface area contributed by atoms with Crippen LogP contribution >= 0.6 is 0 Å².